The van der Waals surface area contributed by atoms with Crippen LogP contribution in [0.2, 0.25) is 5.02 Å². The molecule has 0 spiro atoms. The van der Waals surface area contributed by atoms with Crippen molar-refractivity contribution in [2.45, 2.75) is 51.5 Å². The van der Waals surface area contributed by atoms with Gasteiger partial charge < -0.3 is 20.1 Å². The Kier molecular flexibility index (Phi) is 8.18. The van der Waals surface area contributed by atoms with Crippen LogP contribution in [0.3, 0.4) is 0 Å². The Hall–Kier alpha value is -2.28. The van der Waals surface area contributed by atoms with Crippen LogP contribution < -0.4 is 20.1 Å². The Morgan fingerprint density at radius 3 is 2.45 bits per heavy atom. The molecule has 1 aliphatic heterocycles. The number of rotatable bonds is 9. The summed E-state index contributed by atoms with van der Waals surface area (Å²) in [4.78, 5) is 15.1. The van der Waals surface area contributed by atoms with E-state index in [1.807, 2.05) is 56.3 Å². The van der Waals surface area contributed by atoms with Gasteiger partial charge in [0.05, 0.1) is 20.3 Å². The van der Waals surface area contributed by atoms with Gasteiger partial charge in [-0.25, -0.2) is 0 Å². The van der Waals surface area contributed by atoms with Crippen molar-refractivity contribution in [3.8, 4) is 11.5 Å². The van der Waals surface area contributed by atoms with E-state index in [0.717, 1.165) is 40.6 Å². The Morgan fingerprint density at radius 1 is 1.16 bits per heavy atom. The van der Waals surface area contributed by atoms with Gasteiger partial charge in [0.15, 0.2) is 0 Å². The highest BCUT2D eigenvalue weighted by Gasteiger charge is 2.36. The molecule has 6 nitrogen and oxygen atoms in total. The monoisotopic (exact) mass is 445 g/mol. The van der Waals surface area contributed by atoms with E-state index in [1.165, 1.54) is 0 Å². The zero-order valence-electron chi connectivity index (χ0n) is 18.7. The van der Waals surface area contributed by atoms with Crippen LogP contribution in [-0.2, 0) is 17.9 Å². The van der Waals surface area contributed by atoms with E-state index in [9.17, 15) is 4.79 Å². The second kappa shape index (κ2) is 10.8. The minimum Gasteiger partial charge on any atom is -0.497 e. The molecule has 1 fully saturated rings. The maximum atomic E-state index is 12.9. The van der Waals surface area contributed by atoms with Gasteiger partial charge in [-0.05, 0) is 49.6 Å². The zero-order valence-corrected chi connectivity index (χ0v) is 19.4. The summed E-state index contributed by atoms with van der Waals surface area (Å²) in [5, 5.41) is 7.40. The normalized spacial score (nSPS) is 18.9. The summed E-state index contributed by atoms with van der Waals surface area (Å²) in [6.45, 7) is 6.04. The highest BCUT2D eigenvalue weighted by Crippen LogP contribution is 2.26. The molecule has 168 valence electrons. The molecular weight excluding hydrogens is 414 g/mol. The number of nitrogens with one attached hydrogen (secondary N) is 2. The van der Waals surface area contributed by atoms with Gasteiger partial charge in [-0.2, -0.15) is 0 Å². The average Bonchev–Trinajstić information content (AvgIpc) is 3.16. The van der Waals surface area contributed by atoms with Gasteiger partial charge in [0.1, 0.15) is 11.5 Å². The van der Waals surface area contributed by atoms with Gasteiger partial charge in [0, 0.05) is 42.8 Å². The topological polar surface area (TPSA) is 62.8 Å². The number of ether oxygens (including phenoxy) is 2. The fourth-order valence-corrected chi connectivity index (χ4v) is 4.15. The molecule has 2 aromatic rings. The molecule has 2 atom stereocenters. The molecule has 0 aliphatic carbocycles. The van der Waals surface area contributed by atoms with Crippen molar-refractivity contribution in [1.29, 1.82) is 0 Å². The van der Waals surface area contributed by atoms with Gasteiger partial charge in [-0.3, -0.25) is 9.69 Å². The minimum atomic E-state index is -0.198. The smallest absolute Gasteiger partial charge is 0.237 e. The molecule has 0 unspecified atom stereocenters. The molecule has 2 N–H and O–H groups in total. The summed E-state index contributed by atoms with van der Waals surface area (Å²) >= 11 is 6.38. The zero-order chi connectivity index (χ0) is 22.4. The fourth-order valence-electron chi connectivity index (χ4n) is 3.96. The number of halogens is 1. The Balaban J connectivity index is 1.70. The number of carbonyl (C=O) groups excluding carboxylic acids is 1. The number of methoxy groups -OCH3 is 2. The molecule has 0 radical (unpaired) electrons. The van der Waals surface area contributed by atoms with E-state index < -0.39 is 0 Å². The number of hydrogen-bond acceptors (Lipinski definition) is 5. The molecule has 0 aromatic heterocycles. The minimum absolute atomic E-state index is 0.0643. The highest BCUT2D eigenvalue weighted by atomic mass is 35.5. The van der Waals surface area contributed by atoms with Crippen molar-refractivity contribution in [2.75, 3.05) is 20.8 Å². The third-order valence-corrected chi connectivity index (χ3v) is 5.84. The molecule has 31 heavy (non-hydrogen) atoms. The van der Waals surface area contributed by atoms with E-state index in [-0.39, 0.29) is 24.0 Å². The number of likely N-dealkylation sites (tertiary alicyclic amines) is 1. The second-order valence-electron chi connectivity index (χ2n) is 8.23. The van der Waals surface area contributed by atoms with Crippen LogP contribution in [-0.4, -0.2) is 49.7 Å². The van der Waals surface area contributed by atoms with Gasteiger partial charge in [-0.15, -0.1) is 0 Å². The van der Waals surface area contributed by atoms with Gasteiger partial charge in [-0.1, -0.05) is 29.8 Å². The first-order chi connectivity index (χ1) is 14.9. The summed E-state index contributed by atoms with van der Waals surface area (Å²) in [6, 6.07) is 13.7. The lowest BCUT2D eigenvalue weighted by Gasteiger charge is -2.24. The molecule has 0 bridgehead atoms. The van der Waals surface area contributed by atoms with Crippen molar-refractivity contribution in [3.63, 3.8) is 0 Å². The van der Waals surface area contributed by atoms with Crippen LogP contribution >= 0.6 is 11.6 Å². The SMILES string of the molecule is COc1cc(CN[C@H]2C[C@@H](C(=O)NC(C)C)N(Cc3ccccc3Cl)C2)cc(OC)c1. The van der Waals surface area contributed by atoms with Crippen LogP contribution in [0, 0.1) is 0 Å². The van der Waals surface area contributed by atoms with Crippen LogP contribution in [0.1, 0.15) is 31.4 Å². The van der Waals surface area contributed by atoms with Crippen molar-refractivity contribution in [2.24, 2.45) is 0 Å². The molecular formula is C24H32ClN3O3. The number of amides is 1. The summed E-state index contributed by atoms with van der Waals surface area (Å²) in [7, 11) is 3.29. The number of benzene rings is 2. The molecule has 7 heteroatoms. The molecule has 1 heterocycles. The maximum Gasteiger partial charge on any atom is 0.237 e. The fraction of sp³-hybridized carbons (Fsp3) is 0.458. The Labute approximate surface area is 189 Å². The van der Waals surface area contributed by atoms with Crippen LogP contribution in [0.25, 0.3) is 0 Å². The third-order valence-electron chi connectivity index (χ3n) is 5.47. The van der Waals surface area contributed by atoms with Crippen LogP contribution in [0.4, 0.5) is 0 Å². The Morgan fingerprint density at radius 2 is 1.84 bits per heavy atom. The molecule has 1 saturated heterocycles. The largest absolute Gasteiger partial charge is 0.497 e. The molecule has 0 saturated carbocycles. The standard InChI is InChI=1S/C24H32ClN3O3/c1-16(2)27-24(29)23-11-19(15-28(23)14-18-7-5-6-8-22(18)25)26-13-17-9-20(30-3)12-21(10-17)31-4/h5-10,12,16,19,23,26H,11,13-15H2,1-4H3,(H,27,29)/t19-,23-/m0/s1. The lowest BCUT2D eigenvalue weighted by molar-refractivity contribution is -0.126. The number of nitrogens with zero attached hydrogens (tertiary/aromatic N) is 1. The summed E-state index contributed by atoms with van der Waals surface area (Å²) in [5.41, 5.74) is 2.11. The molecule has 2 aromatic carbocycles. The molecule has 1 aliphatic rings. The van der Waals surface area contributed by atoms with Crippen LogP contribution in [0.15, 0.2) is 42.5 Å². The predicted octanol–water partition coefficient (Wildman–Crippen LogP) is 3.61. The van der Waals surface area contributed by atoms with Gasteiger partial charge in [0.25, 0.3) is 0 Å². The van der Waals surface area contributed by atoms with Gasteiger partial charge in [0.2, 0.25) is 5.91 Å². The van der Waals surface area contributed by atoms with E-state index in [2.05, 4.69) is 15.5 Å². The van der Waals surface area contributed by atoms with E-state index in [4.69, 9.17) is 21.1 Å². The number of carbonyl (C=O) groups is 1. The molecule has 1 amide bonds. The van der Waals surface area contributed by atoms with E-state index >= 15 is 0 Å². The summed E-state index contributed by atoms with van der Waals surface area (Å²) in [5.74, 6) is 1.59. The Bertz CT molecular complexity index is 868. The second-order valence-corrected chi connectivity index (χ2v) is 8.64. The predicted molar refractivity (Wildman–Crippen MR) is 124 cm³/mol. The van der Waals surface area contributed by atoms with Crippen LogP contribution in [0.5, 0.6) is 11.5 Å². The van der Waals surface area contributed by atoms with Crippen molar-refractivity contribution in [3.05, 3.63) is 58.6 Å². The lowest BCUT2D eigenvalue weighted by Crippen LogP contribution is -2.45. The highest BCUT2D eigenvalue weighted by molar-refractivity contribution is 6.31. The first-order valence-electron chi connectivity index (χ1n) is 10.6. The van der Waals surface area contributed by atoms with E-state index in [0.29, 0.717) is 13.1 Å². The van der Waals surface area contributed by atoms with Crippen molar-refractivity contribution in [1.82, 2.24) is 15.5 Å². The lowest BCUT2D eigenvalue weighted by atomic mass is 10.1. The quantitative estimate of drug-likeness (QED) is 0.617. The first-order valence-corrected chi connectivity index (χ1v) is 11.0. The number of hydrogen-bond donors (Lipinski definition) is 2. The molecule has 3 rings (SSSR count). The van der Waals surface area contributed by atoms with Crippen molar-refractivity contribution < 1.29 is 14.3 Å². The first kappa shape index (κ1) is 23.4. The maximum absolute atomic E-state index is 12.9. The van der Waals surface area contributed by atoms with Crippen molar-refractivity contribution >= 4 is 17.5 Å². The van der Waals surface area contributed by atoms with E-state index in [1.54, 1.807) is 14.2 Å². The third kappa shape index (κ3) is 6.35. The summed E-state index contributed by atoms with van der Waals surface area (Å²) < 4.78 is 10.7. The average molecular weight is 446 g/mol. The van der Waals surface area contributed by atoms with Gasteiger partial charge >= 0.3 is 0 Å². The summed E-state index contributed by atoms with van der Waals surface area (Å²) in [6.07, 6.45) is 0.740.